The number of benzene rings is 1. The molecule has 0 aliphatic carbocycles. The number of rotatable bonds is 3. The van der Waals surface area contributed by atoms with E-state index in [4.69, 9.17) is 4.74 Å². The van der Waals surface area contributed by atoms with Crippen LogP contribution in [0.4, 0.5) is 0 Å². The highest BCUT2D eigenvalue weighted by molar-refractivity contribution is 7.17. The van der Waals surface area contributed by atoms with Gasteiger partial charge >= 0.3 is 5.97 Å². The largest absolute Gasteiger partial charge is 0.462 e. The molecular formula is C12H10N4O2S. The fourth-order valence-electron chi connectivity index (χ4n) is 1.82. The van der Waals surface area contributed by atoms with Gasteiger partial charge in [0.15, 0.2) is 5.82 Å². The molecule has 0 unspecified atom stereocenters. The second-order valence-corrected chi connectivity index (χ2v) is 4.74. The van der Waals surface area contributed by atoms with Crippen LogP contribution in [0.25, 0.3) is 21.5 Å². The number of tetrazole rings is 1. The lowest BCUT2D eigenvalue weighted by atomic mass is 10.1. The standard InChI is InChI=1S/C12H10N4O2S/c1-2-18-12(17)9-6-19-10-5-7(3-4-8(9)10)11-13-15-16-14-11/h3-6H,2H2,1H3,(H,13,14,15,16). The maximum atomic E-state index is 11.8. The number of carbonyl (C=O) groups is 1. The van der Waals surface area contributed by atoms with Crippen LogP contribution >= 0.6 is 11.3 Å². The van der Waals surface area contributed by atoms with Crippen LogP contribution < -0.4 is 0 Å². The van der Waals surface area contributed by atoms with Crippen LogP contribution in [0.3, 0.4) is 0 Å². The number of ether oxygens (including phenoxy) is 1. The summed E-state index contributed by atoms with van der Waals surface area (Å²) >= 11 is 1.50. The molecule has 0 saturated carbocycles. The molecule has 7 heteroatoms. The molecule has 2 aromatic heterocycles. The van der Waals surface area contributed by atoms with Gasteiger partial charge in [0.1, 0.15) is 0 Å². The molecule has 6 nitrogen and oxygen atoms in total. The van der Waals surface area contributed by atoms with E-state index in [9.17, 15) is 4.79 Å². The summed E-state index contributed by atoms with van der Waals surface area (Å²) in [4.78, 5) is 11.8. The summed E-state index contributed by atoms with van der Waals surface area (Å²) < 4.78 is 6.02. The summed E-state index contributed by atoms with van der Waals surface area (Å²) in [5.74, 6) is 0.316. The first-order chi connectivity index (χ1) is 9.29. The molecule has 3 aromatic rings. The van der Waals surface area contributed by atoms with Crippen molar-refractivity contribution in [2.75, 3.05) is 6.61 Å². The highest BCUT2D eigenvalue weighted by Crippen LogP contribution is 2.29. The number of hydrogen-bond acceptors (Lipinski definition) is 6. The Bertz CT molecular complexity index is 720. The first kappa shape index (κ1) is 11.8. The zero-order valence-electron chi connectivity index (χ0n) is 10.1. The van der Waals surface area contributed by atoms with Crippen LogP contribution in [-0.2, 0) is 4.74 Å². The average molecular weight is 274 g/mol. The molecule has 96 valence electrons. The van der Waals surface area contributed by atoms with Crippen molar-refractivity contribution in [3.8, 4) is 11.4 Å². The SMILES string of the molecule is CCOC(=O)c1csc2cc(-c3nnn[nH]3)ccc12. The molecule has 0 aliphatic heterocycles. The molecule has 0 aliphatic rings. The number of aromatic amines is 1. The van der Waals surface area contributed by atoms with Crippen molar-refractivity contribution in [1.29, 1.82) is 0 Å². The fourth-order valence-corrected chi connectivity index (χ4v) is 2.79. The van der Waals surface area contributed by atoms with Crippen molar-refractivity contribution in [1.82, 2.24) is 20.6 Å². The molecule has 0 saturated heterocycles. The van der Waals surface area contributed by atoms with Gasteiger partial charge in [-0.2, -0.15) is 0 Å². The lowest BCUT2D eigenvalue weighted by Crippen LogP contribution is -2.03. The molecule has 19 heavy (non-hydrogen) atoms. The summed E-state index contributed by atoms with van der Waals surface area (Å²) in [7, 11) is 0. The van der Waals surface area contributed by atoms with Crippen LogP contribution in [0, 0.1) is 0 Å². The van der Waals surface area contributed by atoms with Crippen LogP contribution in [0.5, 0.6) is 0 Å². The van der Waals surface area contributed by atoms with Gasteiger partial charge in [-0.25, -0.2) is 9.89 Å². The van der Waals surface area contributed by atoms with Gasteiger partial charge in [-0.3, -0.25) is 0 Å². The molecule has 0 atom stereocenters. The maximum absolute atomic E-state index is 11.8. The monoisotopic (exact) mass is 274 g/mol. The fraction of sp³-hybridized carbons (Fsp3) is 0.167. The molecule has 1 aromatic carbocycles. The number of nitrogens with zero attached hydrogens (tertiary/aromatic N) is 3. The van der Waals surface area contributed by atoms with E-state index in [0.717, 1.165) is 15.6 Å². The first-order valence-electron chi connectivity index (χ1n) is 5.72. The Morgan fingerprint density at radius 3 is 3.11 bits per heavy atom. The summed E-state index contributed by atoms with van der Waals surface area (Å²) in [5, 5.41) is 16.4. The highest BCUT2D eigenvalue weighted by Gasteiger charge is 2.14. The second kappa shape index (κ2) is 4.77. The Morgan fingerprint density at radius 1 is 1.47 bits per heavy atom. The van der Waals surface area contributed by atoms with E-state index < -0.39 is 0 Å². The molecule has 0 amide bonds. The van der Waals surface area contributed by atoms with E-state index in [1.165, 1.54) is 11.3 Å². The number of H-pyrrole nitrogens is 1. The van der Waals surface area contributed by atoms with E-state index in [0.29, 0.717) is 18.0 Å². The lowest BCUT2D eigenvalue weighted by Gasteiger charge is -2.00. The van der Waals surface area contributed by atoms with Gasteiger partial charge in [0, 0.05) is 21.0 Å². The number of hydrogen-bond donors (Lipinski definition) is 1. The van der Waals surface area contributed by atoms with Gasteiger partial charge in [-0.1, -0.05) is 12.1 Å². The zero-order valence-corrected chi connectivity index (χ0v) is 10.9. The van der Waals surface area contributed by atoms with E-state index in [1.54, 1.807) is 6.92 Å². The zero-order chi connectivity index (χ0) is 13.2. The number of fused-ring (bicyclic) bond motifs is 1. The van der Waals surface area contributed by atoms with Crippen LogP contribution in [0.1, 0.15) is 17.3 Å². The number of esters is 1. The second-order valence-electron chi connectivity index (χ2n) is 3.83. The minimum absolute atomic E-state index is 0.289. The Labute approximate surface area is 112 Å². The molecule has 0 radical (unpaired) electrons. The van der Waals surface area contributed by atoms with Gasteiger partial charge < -0.3 is 4.74 Å². The van der Waals surface area contributed by atoms with E-state index >= 15 is 0 Å². The maximum Gasteiger partial charge on any atom is 0.339 e. The highest BCUT2D eigenvalue weighted by atomic mass is 32.1. The topological polar surface area (TPSA) is 80.8 Å². The minimum atomic E-state index is -0.289. The van der Waals surface area contributed by atoms with E-state index in [1.807, 2.05) is 23.6 Å². The summed E-state index contributed by atoms with van der Waals surface area (Å²) in [6, 6.07) is 5.71. The number of carbonyl (C=O) groups excluding carboxylic acids is 1. The Morgan fingerprint density at radius 2 is 2.37 bits per heavy atom. The molecule has 3 rings (SSSR count). The van der Waals surface area contributed by atoms with Crippen LogP contribution in [0.2, 0.25) is 0 Å². The summed E-state index contributed by atoms with van der Waals surface area (Å²) in [6.07, 6.45) is 0. The van der Waals surface area contributed by atoms with E-state index in [2.05, 4.69) is 20.6 Å². The third-order valence-electron chi connectivity index (χ3n) is 2.69. The minimum Gasteiger partial charge on any atom is -0.462 e. The van der Waals surface area contributed by atoms with Crippen molar-refractivity contribution in [2.45, 2.75) is 6.92 Å². The Kier molecular flexibility index (Phi) is 2.96. The van der Waals surface area contributed by atoms with Crippen molar-refractivity contribution in [2.24, 2.45) is 0 Å². The van der Waals surface area contributed by atoms with Gasteiger partial charge in [0.2, 0.25) is 0 Å². The third-order valence-corrected chi connectivity index (χ3v) is 3.63. The summed E-state index contributed by atoms with van der Waals surface area (Å²) in [6.45, 7) is 2.17. The normalized spacial score (nSPS) is 10.8. The van der Waals surface area contributed by atoms with Crippen molar-refractivity contribution in [3.63, 3.8) is 0 Å². The Balaban J connectivity index is 2.05. The van der Waals surface area contributed by atoms with Gasteiger partial charge in [0.25, 0.3) is 0 Å². The Hall–Kier alpha value is -2.28. The average Bonchev–Trinajstić information content (AvgIpc) is 3.07. The quantitative estimate of drug-likeness (QED) is 0.741. The van der Waals surface area contributed by atoms with Crippen molar-refractivity contribution < 1.29 is 9.53 Å². The first-order valence-corrected chi connectivity index (χ1v) is 6.60. The third kappa shape index (κ3) is 2.08. The summed E-state index contributed by atoms with van der Waals surface area (Å²) in [5.41, 5.74) is 1.49. The molecule has 0 spiro atoms. The van der Waals surface area contributed by atoms with Gasteiger partial charge in [0.05, 0.1) is 12.2 Å². The molecule has 2 heterocycles. The van der Waals surface area contributed by atoms with Gasteiger partial charge in [-0.15, -0.1) is 16.4 Å². The molecule has 1 N–H and O–H groups in total. The smallest absolute Gasteiger partial charge is 0.339 e. The number of thiophene rings is 1. The predicted octanol–water partition coefficient (Wildman–Crippen LogP) is 2.26. The van der Waals surface area contributed by atoms with Crippen molar-refractivity contribution in [3.05, 3.63) is 29.1 Å². The lowest BCUT2D eigenvalue weighted by molar-refractivity contribution is 0.0529. The van der Waals surface area contributed by atoms with Crippen molar-refractivity contribution >= 4 is 27.4 Å². The molecule has 0 fully saturated rings. The molecule has 0 bridgehead atoms. The van der Waals surface area contributed by atoms with Gasteiger partial charge in [-0.05, 0) is 23.4 Å². The number of aromatic nitrogens is 4. The van der Waals surface area contributed by atoms with Crippen LogP contribution in [-0.4, -0.2) is 33.2 Å². The number of nitrogens with one attached hydrogen (secondary N) is 1. The van der Waals surface area contributed by atoms with E-state index in [-0.39, 0.29) is 5.97 Å². The van der Waals surface area contributed by atoms with Crippen LogP contribution in [0.15, 0.2) is 23.6 Å². The molecular weight excluding hydrogens is 264 g/mol. The predicted molar refractivity (Wildman–Crippen MR) is 71.0 cm³/mol.